The molecule has 0 fully saturated rings. The van der Waals surface area contributed by atoms with Crippen LogP contribution in [0.25, 0.3) is 0 Å². The molecule has 0 saturated carbocycles. The van der Waals surface area contributed by atoms with Gasteiger partial charge in [0.15, 0.2) is 12.7 Å². The summed E-state index contributed by atoms with van der Waals surface area (Å²) >= 11 is 0. The summed E-state index contributed by atoms with van der Waals surface area (Å²) in [6.45, 7) is 3.66. The molecule has 27 heavy (non-hydrogen) atoms. The molecule has 1 aromatic rings. The molecule has 2 rings (SSSR count). The molecule has 9 nitrogen and oxygen atoms in total. The minimum atomic E-state index is -1.03. The highest BCUT2D eigenvalue weighted by atomic mass is 16.5. The minimum Gasteiger partial charge on any atom is -0.478 e. The second-order valence-electron chi connectivity index (χ2n) is 5.82. The number of likely N-dealkylation sites (N-methyl/N-ethyl adjacent to an activating group) is 2. The lowest BCUT2D eigenvalue weighted by molar-refractivity contribution is -0.154. The maximum absolute atomic E-state index is 12.1. The Hall–Kier alpha value is -3.10. The lowest BCUT2D eigenvalue weighted by Gasteiger charge is -2.25. The van der Waals surface area contributed by atoms with E-state index >= 15 is 0 Å². The maximum atomic E-state index is 12.1. The number of benzene rings is 1. The number of hydrogen-bond acceptors (Lipinski definition) is 6. The van der Waals surface area contributed by atoms with E-state index in [0.717, 1.165) is 0 Å². The van der Waals surface area contributed by atoms with E-state index in [1.54, 1.807) is 38.1 Å². The maximum Gasteiger partial charge on any atom is 0.310 e. The van der Waals surface area contributed by atoms with Gasteiger partial charge in [0.05, 0.1) is 18.7 Å². The third-order valence-electron chi connectivity index (χ3n) is 3.86. The number of nitrogens with one attached hydrogen (secondary N) is 2. The third-order valence-corrected chi connectivity index (χ3v) is 3.86. The molecule has 1 aliphatic rings. The molecule has 0 radical (unpaired) electrons. The summed E-state index contributed by atoms with van der Waals surface area (Å²) in [7, 11) is 0. The van der Waals surface area contributed by atoms with Crippen molar-refractivity contribution in [1.82, 2.24) is 10.2 Å². The van der Waals surface area contributed by atoms with Gasteiger partial charge in [-0.3, -0.25) is 19.2 Å². The highest BCUT2D eigenvalue weighted by Gasteiger charge is 2.30. The molecule has 1 aromatic carbocycles. The Kier molecular flexibility index (Phi) is 7.16. The number of carbonyl (C=O) groups excluding carboxylic acids is 4. The molecule has 3 amide bonds. The van der Waals surface area contributed by atoms with Crippen molar-refractivity contribution in [1.29, 1.82) is 0 Å². The van der Waals surface area contributed by atoms with Crippen LogP contribution < -0.4 is 15.4 Å². The van der Waals surface area contributed by atoms with E-state index in [9.17, 15) is 19.2 Å². The van der Waals surface area contributed by atoms with Gasteiger partial charge in [-0.2, -0.15) is 0 Å². The van der Waals surface area contributed by atoms with Crippen LogP contribution in [-0.4, -0.2) is 60.9 Å². The van der Waals surface area contributed by atoms with Crippen LogP contribution in [0.15, 0.2) is 24.3 Å². The van der Waals surface area contributed by atoms with Gasteiger partial charge in [-0.15, -0.1) is 0 Å². The summed E-state index contributed by atoms with van der Waals surface area (Å²) in [6.07, 6.45) is -1.35. The van der Waals surface area contributed by atoms with Crippen LogP contribution in [0.5, 0.6) is 5.75 Å². The largest absolute Gasteiger partial charge is 0.478 e. The Morgan fingerprint density at radius 2 is 2.00 bits per heavy atom. The average Bonchev–Trinajstić information content (AvgIpc) is 2.65. The zero-order chi connectivity index (χ0) is 19.8. The Labute approximate surface area is 157 Å². The van der Waals surface area contributed by atoms with Gasteiger partial charge in [0, 0.05) is 13.1 Å². The molecule has 1 atom stereocenters. The highest BCUT2D eigenvalue weighted by molar-refractivity contribution is 5.99. The summed E-state index contributed by atoms with van der Waals surface area (Å²) in [6, 6.07) is 6.87. The molecule has 2 N–H and O–H groups in total. The van der Waals surface area contributed by atoms with Crippen molar-refractivity contribution in [2.24, 2.45) is 0 Å². The lowest BCUT2D eigenvalue weighted by atomic mass is 10.1. The first-order valence-electron chi connectivity index (χ1n) is 8.71. The fraction of sp³-hybridized carbons (Fsp3) is 0.444. The third kappa shape index (κ3) is 5.70. The van der Waals surface area contributed by atoms with Crippen LogP contribution in [-0.2, 0) is 23.9 Å². The van der Waals surface area contributed by atoms with Gasteiger partial charge >= 0.3 is 5.97 Å². The molecule has 0 aliphatic carbocycles. The first-order chi connectivity index (χ1) is 12.9. The van der Waals surface area contributed by atoms with Crippen molar-refractivity contribution in [3.63, 3.8) is 0 Å². The van der Waals surface area contributed by atoms with E-state index in [-0.39, 0.29) is 18.9 Å². The standard InChI is InChI=1S/C18H23N3O6/c1-3-19-15(22)10-21(4-2)16(23)11-26-17(24)9-14-18(25)20-12-7-5-6-8-13(12)27-14/h5-8,14H,3-4,9-11H2,1-2H3,(H,19,22)(H,20,25)/t14-/m0/s1. The lowest BCUT2D eigenvalue weighted by Crippen LogP contribution is -2.43. The van der Waals surface area contributed by atoms with Crippen molar-refractivity contribution in [2.45, 2.75) is 26.4 Å². The van der Waals surface area contributed by atoms with Crippen molar-refractivity contribution in [3.8, 4) is 5.75 Å². The van der Waals surface area contributed by atoms with E-state index in [1.807, 2.05) is 0 Å². The van der Waals surface area contributed by atoms with E-state index in [0.29, 0.717) is 24.5 Å². The summed E-state index contributed by atoms with van der Waals surface area (Å²) in [5.74, 6) is -1.51. The molecule has 0 aromatic heterocycles. The van der Waals surface area contributed by atoms with Gasteiger partial charge in [-0.1, -0.05) is 12.1 Å². The molecule has 146 valence electrons. The monoisotopic (exact) mass is 377 g/mol. The minimum absolute atomic E-state index is 0.106. The van der Waals surface area contributed by atoms with Gasteiger partial charge in [0.1, 0.15) is 5.75 Å². The van der Waals surface area contributed by atoms with Crippen LogP contribution in [0.4, 0.5) is 5.69 Å². The normalized spacial score (nSPS) is 15.0. The summed E-state index contributed by atoms with van der Waals surface area (Å²) in [4.78, 5) is 48.9. The van der Waals surface area contributed by atoms with Crippen molar-refractivity contribution in [2.75, 3.05) is 31.6 Å². The smallest absolute Gasteiger partial charge is 0.310 e. The van der Waals surface area contributed by atoms with E-state index in [1.165, 1.54) is 4.90 Å². The highest BCUT2D eigenvalue weighted by Crippen LogP contribution is 2.29. The predicted molar refractivity (Wildman–Crippen MR) is 96.0 cm³/mol. The van der Waals surface area contributed by atoms with Crippen molar-refractivity contribution >= 4 is 29.4 Å². The number of hydrogen-bond donors (Lipinski definition) is 2. The van der Waals surface area contributed by atoms with Crippen LogP contribution in [0.2, 0.25) is 0 Å². The zero-order valence-electron chi connectivity index (χ0n) is 15.3. The van der Waals surface area contributed by atoms with Gasteiger partial charge < -0.3 is 25.0 Å². The summed E-state index contributed by atoms with van der Waals surface area (Å²) in [5, 5.41) is 5.25. The molecular formula is C18H23N3O6. The molecule has 9 heteroatoms. The number of ether oxygens (including phenoxy) is 2. The number of carbonyl (C=O) groups is 4. The van der Waals surface area contributed by atoms with Crippen molar-refractivity contribution in [3.05, 3.63) is 24.3 Å². The number of amides is 3. The SMILES string of the molecule is CCNC(=O)CN(CC)C(=O)COC(=O)C[C@@H]1Oc2ccccc2NC1=O. The number of rotatable bonds is 8. The molecule has 1 heterocycles. The molecule has 0 saturated heterocycles. The molecular weight excluding hydrogens is 354 g/mol. The zero-order valence-corrected chi connectivity index (χ0v) is 15.3. The van der Waals surface area contributed by atoms with Crippen LogP contribution in [0.3, 0.4) is 0 Å². The van der Waals surface area contributed by atoms with Crippen LogP contribution in [0, 0.1) is 0 Å². The Morgan fingerprint density at radius 3 is 2.70 bits per heavy atom. The van der Waals surface area contributed by atoms with E-state index in [2.05, 4.69) is 10.6 Å². The molecule has 1 aliphatic heterocycles. The predicted octanol–water partition coefficient (Wildman–Crippen LogP) is 0.304. The summed E-state index contributed by atoms with van der Waals surface area (Å²) < 4.78 is 10.5. The van der Waals surface area contributed by atoms with Crippen LogP contribution in [0.1, 0.15) is 20.3 Å². The number of para-hydroxylation sites is 2. The Morgan fingerprint density at radius 1 is 1.26 bits per heavy atom. The summed E-state index contributed by atoms with van der Waals surface area (Å²) in [5.41, 5.74) is 0.534. The second-order valence-corrected chi connectivity index (χ2v) is 5.82. The van der Waals surface area contributed by atoms with Crippen LogP contribution >= 0.6 is 0 Å². The first kappa shape index (κ1) is 20.2. The average molecular weight is 377 g/mol. The van der Waals surface area contributed by atoms with Gasteiger partial charge in [-0.25, -0.2) is 0 Å². The molecule has 0 spiro atoms. The van der Waals surface area contributed by atoms with E-state index in [4.69, 9.17) is 9.47 Å². The molecule has 0 unspecified atom stereocenters. The Bertz CT molecular complexity index is 721. The van der Waals surface area contributed by atoms with Crippen molar-refractivity contribution < 1.29 is 28.7 Å². The fourth-order valence-electron chi connectivity index (χ4n) is 2.47. The number of fused-ring (bicyclic) bond motifs is 1. The second kappa shape index (κ2) is 9.56. The number of anilines is 1. The quantitative estimate of drug-likeness (QED) is 0.630. The Balaban J connectivity index is 1.82. The fourth-order valence-corrected chi connectivity index (χ4v) is 2.47. The van der Waals surface area contributed by atoms with Gasteiger partial charge in [0.25, 0.3) is 11.8 Å². The topological polar surface area (TPSA) is 114 Å². The van der Waals surface area contributed by atoms with E-state index < -0.39 is 30.5 Å². The molecule has 0 bridgehead atoms. The van der Waals surface area contributed by atoms with Gasteiger partial charge in [0.2, 0.25) is 5.91 Å². The number of nitrogens with zero attached hydrogens (tertiary/aromatic N) is 1. The number of esters is 1. The van der Waals surface area contributed by atoms with Gasteiger partial charge in [-0.05, 0) is 26.0 Å². The first-order valence-corrected chi connectivity index (χ1v) is 8.71.